The largest absolute Gasteiger partial charge is 0.330 e. The number of nitrogens with one attached hydrogen (secondary N) is 1. The Morgan fingerprint density at radius 2 is 2.30 bits per heavy atom. The normalized spacial score (nSPS) is 34.2. The second kappa shape index (κ2) is 3.35. The van der Waals surface area contributed by atoms with E-state index < -0.39 is 0 Å². The molecule has 0 amide bonds. The molecule has 1 atom stereocenters. The van der Waals surface area contributed by atoms with Crippen molar-refractivity contribution in [2.45, 2.75) is 38.1 Å². The van der Waals surface area contributed by atoms with Crippen LogP contribution in [0.2, 0.25) is 0 Å². The van der Waals surface area contributed by atoms with Crippen LogP contribution in [0.25, 0.3) is 0 Å². The first-order chi connectivity index (χ1) is 4.77. The van der Waals surface area contributed by atoms with E-state index in [0.717, 1.165) is 13.0 Å². The van der Waals surface area contributed by atoms with Crippen LogP contribution in [0.1, 0.15) is 32.6 Å². The second-order valence-corrected chi connectivity index (χ2v) is 3.48. The molecule has 0 aliphatic carbocycles. The van der Waals surface area contributed by atoms with Crippen molar-refractivity contribution >= 4 is 0 Å². The Morgan fingerprint density at radius 1 is 1.50 bits per heavy atom. The van der Waals surface area contributed by atoms with Gasteiger partial charge in [-0.15, -0.1) is 0 Å². The third kappa shape index (κ3) is 1.96. The van der Waals surface area contributed by atoms with Gasteiger partial charge >= 0.3 is 0 Å². The van der Waals surface area contributed by atoms with Crippen LogP contribution in [0.15, 0.2) is 0 Å². The fourth-order valence-electron chi connectivity index (χ4n) is 1.65. The van der Waals surface area contributed by atoms with Crippen LogP contribution >= 0.6 is 0 Å². The minimum Gasteiger partial charge on any atom is -0.330 e. The van der Waals surface area contributed by atoms with Gasteiger partial charge < -0.3 is 11.1 Å². The van der Waals surface area contributed by atoms with Crippen molar-refractivity contribution in [2.75, 3.05) is 13.1 Å². The van der Waals surface area contributed by atoms with Crippen LogP contribution in [0.3, 0.4) is 0 Å². The smallest absolute Gasteiger partial charge is 0.0165 e. The van der Waals surface area contributed by atoms with Crippen LogP contribution in [0, 0.1) is 0 Å². The maximum Gasteiger partial charge on any atom is 0.0165 e. The third-order valence-electron chi connectivity index (χ3n) is 2.40. The Hall–Kier alpha value is -0.0800. The van der Waals surface area contributed by atoms with Gasteiger partial charge in [-0.2, -0.15) is 0 Å². The Balaban J connectivity index is 2.32. The Bertz CT molecular complexity index is 89.9. The fourth-order valence-corrected chi connectivity index (χ4v) is 1.65. The molecule has 1 fully saturated rings. The lowest BCUT2D eigenvalue weighted by molar-refractivity contribution is 0.264. The van der Waals surface area contributed by atoms with E-state index in [4.69, 9.17) is 5.73 Å². The van der Waals surface area contributed by atoms with Crippen molar-refractivity contribution in [2.24, 2.45) is 5.73 Å². The van der Waals surface area contributed by atoms with E-state index in [9.17, 15) is 0 Å². The van der Waals surface area contributed by atoms with Gasteiger partial charge in [0.25, 0.3) is 0 Å². The Labute approximate surface area is 63.2 Å². The van der Waals surface area contributed by atoms with Gasteiger partial charge in [0, 0.05) is 5.54 Å². The van der Waals surface area contributed by atoms with E-state index in [0.29, 0.717) is 5.54 Å². The maximum atomic E-state index is 5.50. The molecule has 0 radical (unpaired) electrons. The molecule has 10 heavy (non-hydrogen) atoms. The van der Waals surface area contributed by atoms with Crippen LogP contribution in [0.4, 0.5) is 0 Å². The minimum atomic E-state index is 0.354. The highest BCUT2D eigenvalue weighted by molar-refractivity contribution is 4.86. The summed E-state index contributed by atoms with van der Waals surface area (Å²) < 4.78 is 0. The molecular formula is C8H18N2. The summed E-state index contributed by atoms with van der Waals surface area (Å²) in [4.78, 5) is 0. The van der Waals surface area contributed by atoms with E-state index in [2.05, 4.69) is 12.2 Å². The summed E-state index contributed by atoms with van der Waals surface area (Å²) in [6.07, 6.45) is 5.11. The monoisotopic (exact) mass is 142 g/mol. The van der Waals surface area contributed by atoms with Gasteiger partial charge in [0.2, 0.25) is 0 Å². The summed E-state index contributed by atoms with van der Waals surface area (Å²) in [7, 11) is 0. The van der Waals surface area contributed by atoms with Crippen molar-refractivity contribution in [3.05, 3.63) is 0 Å². The summed E-state index contributed by atoms with van der Waals surface area (Å²) in [6.45, 7) is 4.26. The molecule has 2 nitrogen and oxygen atoms in total. The standard InChI is InChI=1S/C8H18N2/c1-8(5-6-9)4-2-3-7-10-8/h10H,2-7,9H2,1H3. The van der Waals surface area contributed by atoms with Crippen molar-refractivity contribution in [3.63, 3.8) is 0 Å². The Morgan fingerprint density at radius 3 is 2.80 bits per heavy atom. The number of piperidine rings is 1. The van der Waals surface area contributed by atoms with Crippen molar-refractivity contribution < 1.29 is 0 Å². The van der Waals surface area contributed by atoms with Crippen molar-refractivity contribution in [1.82, 2.24) is 5.32 Å². The molecule has 0 aromatic carbocycles. The molecule has 1 rings (SSSR count). The highest BCUT2D eigenvalue weighted by Gasteiger charge is 2.24. The fraction of sp³-hybridized carbons (Fsp3) is 1.00. The molecule has 0 spiro atoms. The third-order valence-corrected chi connectivity index (χ3v) is 2.40. The SMILES string of the molecule is CC1(CCN)CCCCN1. The van der Waals surface area contributed by atoms with E-state index in [1.807, 2.05) is 0 Å². The van der Waals surface area contributed by atoms with Gasteiger partial charge in [-0.1, -0.05) is 6.42 Å². The van der Waals surface area contributed by atoms with E-state index >= 15 is 0 Å². The Kier molecular flexibility index (Phi) is 2.69. The molecule has 0 aromatic heterocycles. The second-order valence-electron chi connectivity index (χ2n) is 3.48. The van der Waals surface area contributed by atoms with Crippen molar-refractivity contribution in [3.8, 4) is 0 Å². The summed E-state index contributed by atoms with van der Waals surface area (Å²) in [5, 5.41) is 3.52. The van der Waals surface area contributed by atoms with Gasteiger partial charge in [-0.05, 0) is 39.3 Å². The zero-order valence-corrected chi connectivity index (χ0v) is 6.82. The lowest BCUT2D eigenvalue weighted by Gasteiger charge is -2.34. The average molecular weight is 142 g/mol. The summed E-state index contributed by atoms with van der Waals surface area (Å²) in [6, 6.07) is 0. The van der Waals surface area contributed by atoms with Crippen LogP contribution < -0.4 is 11.1 Å². The molecule has 3 N–H and O–H groups in total. The molecule has 1 aliphatic heterocycles. The molecule has 0 bridgehead atoms. The highest BCUT2D eigenvalue weighted by Crippen LogP contribution is 2.20. The summed E-state index contributed by atoms with van der Waals surface area (Å²) in [5.41, 5.74) is 5.86. The van der Waals surface area contributed by atoms with Gasteiger partial charge in [-0.3, -0.25) is 0 Å². The molecule has 2 heteroatoms. The lowest BCUT2D eigenvalue weighted by Crippen LogP contribution is -2.47. The first-order valence-electron chi connectivity index (χ1n) is 4.22. The highest BCUT2D eigenvalue weighted by atomic mass is 15.0. The first kappa shape index (κ1) is 8.02. The van der Waals surface area contributed by atoms with E-state index in [-0.39, 0.29) is 0 Å². The number of rotatable bonds is 2. The van der Waals surface area contributed by atoms with E-state index in [1.54, 1.807) is 0 Å². The molecule has 60 valence electrons. The maximum absolute atomic E-state index is 5.50. The summed E-state index contributed by atoms with van der Waals surface area (Å²) in [5.74, 6) is 0. The minimum absolute atomic E-state index is 0.354. The predicted octanol–water partition coefficient (Wildman–Crippen LogP) is 0.867. The van der Waals surface area contributed by atoms with Gasteiger partial charge in [0.1, 0.15) is 0 Å². The summed E-state index contributed by atoms with van der Waals surface area (Å²) >= 11 is 0. The zero-order valence-electron chi connectivity index (χ0n) is 6.82. The number of nitrogens with two attached hydrogens (primary N) is 1. The molecule has 1 unspecified atom stereocenters. The molecule has 1 heterocycles. The van der Waals surface area contributed by atoms with Gasteiger partial charge in [0.05, 0.1) is 0 Å². The average Bonchev–Trinajstić information content (AvgIpc) is 1.89. The lowest BCUT2D eigenvalue weighted by atomic mass is 9.88. The first-order valence-corrected chi connectivity index (χ1v) is 4.22. The van der Waals surface area contributed by atoms with Gasteiger partial charge in [0.15, 0.2) is 0 Å². The van der Waals surface area contributed by atoms with E-state index in [1.165, 1.54) is 25.8 Å². The zero-order chi connectivity index (χ0) is 7.45. The molecule has 1 saturated heterocycles. The topological polar surface area (TPSA) is 38.0 Å². The number of hydrogen-bond donors (Lipinski definition) is 2. The predicted molar refractivity (Wildman–Crippen MR) is 43.9 cm³/mol. The van der Waals surface area contributed by atoms with Crippen LogP contribution in [-0.2, 0) is 0 Å². The molecule has 0 aromatic rings. The quantitative estimate of drug-likeness (QED) is 0.600. The molecule has 0 saturated carbocycles. The number of hydrogen-bond acceptors (Lipinski definition) is 2. The molecule has 1 aliphatic rings. The van der Waals surface area contributed by atoms with Crippen LogP contribution in [-0.4, -0.2) is 18.6 Å². The van der Waals surface area contributed by atoms with Crippen LogP contribution in [0.5, 0.6) is 0 Å². The van der Waals surface area contributed by atoms with Crippen molar-refractivity contribution in [1.29, 1.82) is 0 Å². The molecular weight excluding hydrogens is 124 g/mol. The van der Waals surface area contributed by atoms with Gasteiger partial charge in [-0.25, -0.2) is 0 Å².